The highest BCUT2D eigenvalue weighted by atomic mass is 16.4. The molecule has 2 heterocycles. The summed E-state index contributed by atoms with van der Waals surface area (Å²) in [5.41, 5.74) is 5.07. The number of carboxylic acid groups (broad SMARTS) is 1. The lowest BCUT2D eigenvalue weighted by Gasteiger charge is -2.17. The van der Waals surface area contributed by atoms with Crippen LogP contribution in [0.25, 0.3) is 17.1 Å². The molecule has 1 aromatic carbocycles. The Morgan fingerprint density at radius 2 is 1.83 bits per heavy atom. The fourth-order valence-corrected chi connectivity index (χ4v) is 3.46. The Balaban J connectivity index is 1.95. The van der Waals surface area contributed by atoms with E-state index in [4.69, 9.17) is 0 Å². The average Bonchev–Trinajstić information content (AvgIpc) is 3.02. The quantitative estimate of drug-likeness (QED) is 0.790. The molecular formula is C20H18N2O2. The third kappa shape index (κ3) is 2.50. The van der Waals surface area contributed by atoms with E-state index >= 15 is 0 Å². The molecule has 1 N–H and O–H groups in total. The lowest BCUT2D eigenvalue weighted by molar-refractivity contribution is 0.0696. The maximum absolute atomic E-state index is 11.3. The summed E-state index contributed by atoms with van der Waals surface area (Å²) in [6, 6.07) is 15.6. The molecule has 0 fully saturated rings. The second-order valence-electron chi connectivity index (χ2n) is 6.12. The molecule has 24 heavy (non-hydrogen) atoms. The highest BCUT2D eigenvalue weighted by molar-refractivity contribution is 5.88. The van der Waals surface area contributed by atoms with E-state index in [-0.39, 0.29) is 5.56 Å². The van der Waals surface area contributed by atoms with Crippen molar-refractivity contribution in [1.29, 1.82) is 0 Å². The van der Waals surface area contributed by atoms with Gasteiger partial charge >= 0.3 is 5.97 Å². The van der Waals surface area contributed by atoms with Gasteiger partial charge in [0.05, 0.1) is 11.3 Å². The van der Waals surface area contributed by atoms with Crippen molar-refractivity contribution < 1.29 is 9.90 Å². The van der Waals surface area contributed by atoms with E-state index in [2.05, 4.69) is 27.8 Å². The van der Waals surface area contributed by atoms with Gasteiger partial charge in [0.2, 0.25) is 0 Å². The third-order valence-corrected chi connectivity index (χ3v) is 4.59. The second-order valence-corrected chi connectivity index (χ2v) is 6.12. The van der Waals surface area contributed by atoms with E-state index in [1.807, 2.05) is 18.2 Å². The number of aromatic nitrogens is 2. The molecule has 0 amide bonds. The van der Waals surface area contributed by atoms with E-state index in [1.165, 1.54) is 23.7 Å². The van der Waals surface area contributed by atoms with Crippen LogP contribution in [0.1, 0.15) is 34.5 Å². The topological polar surface area (TPSA) is 55.1 Å². The summed E-state index contributed by atoms with van der Waals surface area (Å²) in [4.78, 5) is 15.8. The number of hydrogen-bond donors (Lipinski definition) is 1. The zero-order valence-electron chi connectivity index (χ0n) is 13.3. The molecule has 2 aromatic heterocycles. The first kappa shape index (κ1) is 14.7. The Morgan fingerprint density at radius 1 is 1.04 bits per heavy atom. The Bertz CT molecular complexity index is 897. The molecule has 0 spiro atoms. The van der Waals surface area contributed by atoms with Gasteiger partial charge in [-0.3, -0.25) is 4.57 Å². The number of pyridine rings is 1. The van der Waals surface area contributed by atoms with Gasteiger partial charge in [0.25, 0.3) is 0 Å². The van der Waals surface area contributed by atoms with Crippen LogP contribution in [0.15, 0.2) is 54.7 Å². The van der Waals surface area contributed by atoms with Crippen molar-refractivity contribution in [3.8, 4) is 17.1 Å². The molecular weight excluding hydrogens is 300 g/mol. The number of hydrogen-bond acceptors (Lipinski definition) is 2. The Hall–Kier alpha value is -2.88. The summed E-state index contributed by atoms with van der Waals surface area (Å²) >= 11 is 0. The van der Waals surface area contributed by atoms with Gasteiger partial charge in [-0.05, 0) is 55.0 Å². The van der Waals surface area contributed by atoms with Crippen LogP contribution in [-0.2, 0) is 12.8 Å². The first-order chi connectivity index (χ1) is 11.7. The van der Waals surface area contributed by atoms with Gasteiger partial charge in [-0.25, -0.2) is 9.78 Å². The van der Waals surface area contributed by atoms with Crippen molar-refractivity contribution in [2.75, 3.05) is 0 Å². The van der Waals surface area contributed by atoms with Gasteiger partial charge in [0.15, 0.2) is 0 Å². The first-order valence-electron chi connectivity index (χ1n) is 8.22. The summed E-state index contributed by atoms with van der Waals surface area (Å²) in [5, 5.41) is 9.29. The van der Waals surface area contributed by atoms with E-state index in [1.54, 1.807) is 12.3 Å². The first-order valence-corrected chi connectivity index (χ1v) is 8.22. The lowest BCUT2D eigenvalue weighted by atomic mass is 9.98. The molecule has 0 saturated heterocycles. The number of aryl methyl sites for hydroxylation is 1. The molecule has 0 atom stereocenters. The molecule has 0 radical (unpaired) electrons. The van der Waals surface area contributed by atoms with Crippen LogP contribution < -0.4 is 0 Å². The zero-order valence-corrected chi connectivity index (χ0v) is 13.3. The highest BCUT2D eigenvalue weighted by Crippen LogP contribution is 2.33. The Morgan fingerprint density at radius 3 is 2.62 bits per heavy atom. The molecule has 0 unspecified atom stereocenters. The standard InChI is InChI=1S/C20H18N2O2/c23-20(24)16-10-11-21-19(13-16)22-17-9-5-4-8-15(17)12-18(22)14-6-2-1-3-7-14/h1-3,6-7,10-13H,4-5,8-9H2,(H,23,24). The van der Waals surface area contributed by atoms with Gasteiger partial charge in [-0.15, -0.1) is 0 Å². The average molecular weight is 318 g/mol. The van der Waals surface area contributed by atoms with Gasteiger partial charge in [-0.1, -0.05) is 30.3 Å². The molecule has 4 heteroatoms. The van der Waals surface area contributed by atoms with Crippen molar-refractivity contribution in [2.45, 2.75) is 25.7 Å². The number of carbonyl (C=O) groups is 1. The molecule has 0 saturated carbocycles. The summed E-state index contributed by atoms with van der Waals surface area (Å²) < 4.78 is 2.14. The smallest absolute Gasteiger partial charge is 0.335 e. The van der Waals surface area contributed by atoms with Crippen molar-refractivity contribution in [2.24, 2.45) is 0 Å². The van der Waals surface area contributed by atoms with Gasteiger partial charge < -0.3 is 5.11 Å². The van der Waals surface area contributed by atoms with Crippen LogP contribution in [0.3, 0.4) is 0 Å². The monoisotopic (exact) mass is 318 g/mol. The second kappa shape index (κ2) is 5.96. The maximum Gasteiger partial charge on any atom is 0.335 e. The summed E-state index contributed by atoms with van der Waals surface area (Å²) in [7, 11) is 0. The van der Waals surface area contributed by atoms with E-state index in [9.17, 15) is 9.90 Å². The maximum atomic E-state index is 11.3. The van der Waals surface area contributed by atoms with Crippen LogP contribution in [0.4, 0.5) is 0 Å². The number of rotatable bonds is 3. The minimum Gasteiger partial charge on any atom is -0.478 e. The summed E-state index contributed by atoms with van der Waals surface area (Å²) in [5.74, 6) is -0.252. The Kier molecular flexibility index (Phi) is 3.65. The molecule has 3 aromatic rings. The number of benzene rings is 1. The highest BCUT2D eigenvalue weighted by Gasteiger charge is 2.21. The van der Waals surface area contributed by atoms with Crippen molar-refractivity contribution in [1.82, 2.24) is 9.55 Å². The van der Waals surface area contributed by atoms with Gasteiger partial charge in [-0.2, -0.15) is 0 Å². The van der Waals surface area contributed by atoms with Crippen LogP contribution in [0.2, 0.25) is 0 Å². The number of nitrogens with zero attached hydrogens (tertiary/aromatic N) is 2. The largest absolute Gasteiger partial charge is 0.478 e. The SMILES string of the molecule is O=C(O)c1ccnc(-n2c(-c3ccccc3)cc3c2CCCC3)c1. The molecule has 1 aliphatic rings. The van der Waals surface area contributed by atoms with Gasteiger partial charge in [0.1, 0.15) is 5.82 Å². The van der Waals surface area contributed by atoms with E-state index in [0.717, 1.165) is 30.5 Å². The minimum absolute atomic E-state index is 0.261. The summed E-state index contributed by atoms with van der Waals surface area (Å²) in [6.45, 7) is 0. The summed E-state index contributed by atoms with van der Waals surface area (Å²) in [6.07, 6.45) is 6.00. The lowest BCUT2D eigenvalue weighted by Crippen LogP contribution is -2.10. The molecule has 4 nitrogen and oxygen atoms in total. The fourth-order valence-electron chi connectivity index (χ4n) is 3.46. The van der Waals surface area contributed by atoms with Crippen molar-refractivity contribution in [3.05, 3.63) is 71.5 Å². The van der Waals surface area contributed by atoms with Crippen LogP contribution in [0.5, 0.6) is 0 Å². The molecule has 120 valence electrons. The molecule has 0 aliphatic heterocycles. The molecule has 4 rings (SSSR count). The normalized spacial score (nSPS) is 13.5. The van der Waals surface area contributed by atoms with Crippen LogP contribution >= 0.6 is 0 Å². The number of carboxylic acids is 1. The zero-order chi connectivity index (χ0) is 16.5. The number of aromatic carboxylic acids is 1. The predicted octanol–water partition coefficient (Wildman–Crippen LogP) is 4.12. The molecule has 0 bridgehead atoms. The van der Waals surface area contributed by atoms with E-state index < -0.39 is 5.97 Å². The Labute approximate surface area is 140 Å². The van der Waals surface area contributed by atoms with Crippen molar-refractivity contribution in [3.63, 3.8) is 0 Å². The van der Waals surface area contributed by atoms with Crippen LogP contribution in [-0.4, -0.2) is 20.6 Å². The van der Waals surface area contributed by atoms with E-state index in [0.29, 0.717) is 5.82 Å². The molecule has 1 aliphatic carbocycles. The number of fused-ring (bicyclic) bond motifs is 1. The fraction of sp³-hybridized carbons (Fsp3) is 0.200. The van der Waals surface area contributed by atoms with Crippen LogP contribution in [0, 0.1) is 0 Å². The minimum atomic E-state index is -0.930. The van der Waals surface area contributed by atoms with Gasteiger partial charge in [0, 0.05) is 11.9 Å². The third-order valence-electron chi connectivity index (χ3n) is 4.59. The predicted molar refractivity (Wildman–Crippen MR) is 92.6 cm³/mol. The van der Waals surface area contributed by atoms with Crippen molar-refractivity contribution >= 4 is 5.97 Å².